The fraction of sp³-hybridized carbons (Fsp3) is 0.278. The monoisotopic (exact) mass is 342 g/mol. The van der Waals surface area contributed by atoms with Crippen molar-refractivity contribution in [3.8, 4) is 0 Å². The Balaban J connectivity index is 1.89. The van der Waals surface area contributed by atoms with E-state index in [0.29, 0.717) is 11.4 Å². The number of nitrogens with zero attached hydrogens (tertiary/aromatic N) is 1. The molecule has 7 nitrogen and oxygen atoms in total. The number of furan rings is 1. The van der Waals surface area contributed by atoms with Gasteiger partial charge in [-0.05, 0) is 45.0 Å². The summed E-state index contributed by atoms with van der Waals surface area (Å²) in [6, 6.07) is 9.98. The van der Waals surface area contributed by atoms with E-state index in [-0.39, 0.29) is 11.7 Å². The number of hydrogen-bond acceptors (Lipinski definition) is 5. The Hall–Kier alpha value is -3.09. The normalized spacial score (nSPS) is 16.6. The highest BCUT2D eigenvalue weighted by Crippen LogP contribution is 2.37. The maximum Gasteiger partial charge on any atom is 0.374 e. The Labute approximate surface area is 144 Å². The topological polar surface area (TPSA) is 88.8 Å². The van der Waals surface area contributed by atoms with Gasteiger partial charge in [-0.25, -0.2) is 4.79 Å². The third-order valence-electron chi connectivity index (χ3n) is 4.08. The number of hydrogen-bond donors (Lipinski definition) is 1. The van der Waals surface area contributed by atoms with Crippen LogP contribution >= 0.6 is 0 Å². The first kappa shape index (κ1) is 16.8. The number of anilines is 2. The molecule has 2 heterocycles. The van der Waals surface area contributed by atoms with E-state index in [0.717, 1.165) is 0 Å². The van der Waals surface area contributed by atoms with Crippen molar-refractivity contribution >= 4 is 29.2 Å². The maximum atomic E-state index is 13.0. The Morgan fingerprint density at radius 2 is 1.92 bits per heavy atom. The standard InChI is InChI=1S/C18H18N2O5/c1-11(25-16(22)14-9-6-10-24-14)15(21)20-13-8-5-4-7-12(13)19-17(23)18(20,2)3/h4-11H,1-3H3,(H,19,23). The Kier molecular flexibility index (Phi) is 4.08. The van der Waals surface area contributed by atoms with E-state index < -0.39 is 23.5 Å². The number of carbonyl (C=O) groups is 3. The molecule has 0 radical (unpaired) electrons. The zero-order chi connectivity index (χ0) is 18.2. The highest BCUT2D eigenvalue weighted by atomic mass is 16.6. The maximum absolute atomic E-state index is 13.0. The van der Waals surface area contributed by atoms with Gasteiger partial charge in [0, 0.05) is 0 Å². The average molecular weight is 342 g/mol. The molecule has 0 bridgehead atoms. The number of ether oxygens (including phenoxy) is 1. The van der Waals surface area contributed by atoms with E-state index in [9.17, 15) is 14.4 Å². The van der Waals surface area contributed by atoms with Gasteiger partial charge in [-0.15, -0.1) is 0 Å². The summed E-state index contributed by atoms with van der Waals surface area (Å²) in [6.45, 7) is 4.74. The van der Waals surface area contributed by atoms with Crippen LogP contribution in [0.25, 0.3) is 0 Å². The van der Waals surface area contributed by atoms with Crippen molar-refractivity contribution in [3.63, 3.8) is 0 Å². The van der Waals surface area contributed by atoms with Gasteiger partial charge in [0.05, 0.1) is 17.6 Å². The fourth-order valence-electron chi connectivity index (χ4n) is 2.69. The molecule has 0 aliphatic carbocycles. The zero-order valence-corrected chi connectivity index (χ0v) is 14.1. The first-order valence-electron chi connectivity index (χ1n) is 7.81. The highest BCUT2D eigenvalue weighted by Gasteiger charge is 2.45. The van der Waals surface area contributed by atoms with Gasteiger partial charge in [0.2, 0.25) is 11.7 Å². The number of esters is 1. The molecule has 0 fully saturated rings. The molecule has 1 unspecified atom stereocenters. The van der Waals surface area contributed by atoms with Crippen molar-refractivity contribution in [2.45, 2.75) is 32.4 Å². The SMILES string of the molecule is CC(OC(=O)c1ccco1)C(=O)N1c2ccccc2NC(=O)C1(C)C. The van der Waals surface area contributed by atoms with Gasteiger partial charge in [0.1, 0.15) is 5.54 Å². The number of fused-ring (bicyclic) bond motifs is 1. The number of amides is 2. The summed E-state index contributed by atoms with van der Waals surface area (Å²) in [5.41, 5.74) is -0.0423. The molecule has 1 aliphatic rings. The minimum Gasteiger partial charge on any atom is -0.457 e. The van der Waals surface area contributed by atoms with Crippen LogP contribution < -0.4 is 10.2 Å². The molecule has 1 aromatic carbocycles. The smallest absolute Gasteiger partial charge is 0.374 e. The van der Waals surface area contributed by atoms with Crippen LogP contribution in [0.1, 0.15) is 31.3 Å². The average Bonchev–Trinajstić information content (AvgIpc) is 3.10. The number of benzene rings is 1. The van der Waals surface area contributed by atoms with Crippen LogP contribution in [0.5, 0.6) is 0 Å². The third-order valence-corrected chi connectivity index (χ3v) is 4.08. The molecule has 1 aromatic heterocycles. The van der Waals surface area contributed by atoms with Gasteiger partial charge in [-0.1, -0.05) is 12.1 Å². The second kappa shape index (κ2) is 6.08. The van der Waals surface area contributed by atoms with Crippen LogP contribution in [-0.2, 0) is 14.3 Å². The van der Waals surface area contributed by atoms with Gasteiger partial charge >= 0.3 is 5.97 Å². The number of rotatable bonds is 3. The fourth-order valence-corrected chi connectivity index (χ4v) is 2.69. The highest BCUT2D eigenvalue weighted by molar-refractivity contribution is 6.15. The van der Waals surface area contributed by atoms with Gasteiger partial charge in [-0.2, -0.15) is 0 Å². The molecule has 7 heteroatoms. The van der Waals surface area contributed by atoms with Gasteiger partial charge < -0.3 is 14.5 Å². The van der Waals surface area contributed by atoms with Crippen LogP contribution in [0.2, 0.25) is 0 Å². The number of nitrogens with one attached hydrogen (secondary N) is 1. The van der Waals surface area contributed by atoms with Crippen molar-refractivity contribution in [3.05, 3.63) is 48.4 Å². The number of carbonyl (C=O) groups excluding carboxylic acids is 3. The molecule has 25 heavy (non-hydrogen) atoms. The van der Waals surface area contributed by atoms with Crippen LogP contribution in [0, 0.1) is 0 Å². The van der Waals surface area contributed by atoms with Gasteiger partial charge in [0.25, 0.3) is 5.91 Å². The summed E-state index contributed by atoms with van der Waals surface area (Å²) >= 11 is 0. The lowest BCUT2D eigenvalue weighted by atomic mass is 9.95. The summed E-state index contributed by atoms with van der Waals surface area (Å²) in [4.78, 5) is 38.7. The number of para-hydroxylation sites is 2. The minimum atomic E-state index is -1.13. The molecule has 0 saturated heterocycles. The lowest BCUT2D eigenvalue weighted by molar-refractivity contribution is -0.131. The van der Waals surface area contributed by atoms with Crippen LogP contribution in [0.4, 0.5) is 11.4 Å². The summed E-state index contributed by atoms with van der Waals surface area (Å²) in [5.74, 6) is -1.54. The summed E-state index contributed by atoms with van der Waals surface area (Å²) in [7, 11) is 0. The second-order valence-corrected chi connectivity index (χ2v) is 6.23. The Morgan fingerprint density at radius 1 is 1.20 bits per heavy atom. The molecular weight excluding hydrogens is 324 g/mol. The third kappa shape index (κ3) is 2.88. The van der Waals surface area contributed by atoms with E-state index >= 15 is 0 Å². The lowest BCUT2D eigenvalue weighted by Crippen LogP contribution is -2.60. The Morgan fingerprint density at radius 3 is 2.60 bits per heavy atom. The molecule has 1 atom stereocenters. The Bertz CT molecular complexity index is 826. The van der Waals surface area contributed by atoms with Crippen LogP contribution in [0.3, 0.4) is 0 Å². The first-order chi connectivity index (χ1) is 11.8. The van der Waals surface area contributed by atoms with Crippen LogP contribution in [0.15, 0.2) is 47.1 Å². The molecule has 3 rings (SSSR count). The molecule has 2 aromatic rings. The van der Waals surface area contributed by atoms with Crippen molar-refractivity contribution in [1.29, 1.82) is 0 Å². The van der Waals surface area contributed by atoms with E-state index in [2.05, 4.69) is 5.32 Å². The van der Waals surface area contributed by atoms with Crippen molar-refractivity contribution in [2.24, 2.45) is 0 Å². The zero-order valence-electron chi connectivity index (χ0n) is 14.1. The predicted octanol–water partition coefficient (Wildman–Crippen LogP) is 2.59. The van der Waals surface area contributed by atoms with Crippen molar-refractivity contribution in [1.82, 2.24) is 0 Å². The minimum absolute atomic E-state index is 0.00991. The molecule has 2 amide bonds. The summed E-state index contributed by atoms with van der Waals surface area (Å²) < 4.78 is 10.2. The van der Waals surface area contributed by atoms with E-state index in [4.69, 9.17) is 9.15 Å². The lowest BCUT2D eigenvalue weighted by Gasteiger charge is -2.42. The molecular formula is C18H18N2O5. The predicted molar refractivity (Wildman–Crippen MR) is 90.2 cm³/mol. The van der Waals surface area contributed by atoms with Crippen molar-refractivity contribution in [2.75, 3.05) is 10.2 Å². The van der Waals surface area contributed by atoms with E-state index in [1.165, 1.54) is 24.2 Å². The molecule has 1 N–H and O–H groups in total. The molecule has 0 spiro atoms. The summed E-state index contributed by atoms with van der Waals surface area (Å²) in [5, 5.41) is 2.78. The van der Waals surface area contributed by atoms with E-state index in [1.54, 1.807) is 44.2 Å². The van der Waals surface area contributed by atoms with Gasteiger partial charge in [0.15, 0.2) is 6.10 Å². The van der Waals surface area contributed by atoms with E-state index in [1.807, 2.05) is 0 Å². The molecule has 0 saturated carbocycles. The molecule has 130 valence electrons. The van der Waals surface area contributed by atoms with Gasteiger partial charge in [-0.3, -0.25) is 14.5 Å². The molecule has 1 aliphatic heterocycles. The second-order valence-electron chi connectivity index (χ2n) is 6.23. The summed E-state index contributed by atoms with van der Waals surface area (Å²) in [6.07, 6.45) is 0.257. The van der Waals surface area contributed by atoms with Crippen LogP contribution in [-0.4, -0.2) is 29.4 Å². The quantitative estimate of drug-likeness (QED) is 0.866. The largest absolute Gasteiger partial charge is 0.457 e. The van der Waals surface area contributed by atoms with Crippen molar-refractivity contribution < 1.29 is 23.5 Å². The first-order valence-corrected chi connectivity index (χ1v) is 7.81.